The van der Waals surface area contributed by atoms with E-state index in [0.717, 1.165) is 18.4 Å². The summed E-state index contributed by atoms with van der Waals surface area (Å²) in [5, 5.41) is 9.92. The Kier molecular flexibility index (Phi) is 12.1. The summed E-state index contributed by atoms with van der Waals surface area (Å²) in [4.78, 5) is 11.7. The Morgan fingerprint density at radius 3 is 2.17 bits per heavy atom. The monoisotopic (exact) mass is 334 g/mol. The maximum absolute atomic E-state index is 11.7. The predicted octanol–water partition coefficient (Wildman–Crippen LogP) is 5.40. The first-order valence-corrected chi connectivity index (χ1v) is 9.60. The quantitative estimate of drug-likeness (QED) is 0.366. The topological polar surface area (TPSA) is 46.5 Å². The van der Waals surface area contributed by atoms with Crippen LogP contribution < -0.4 is 0 Å². The van der Waals surface area contributed by atoms with Gasteiger partial charge in [0.1, 0.15) is 6.61 Å². The van der Waals surface area contributed by atoms with Crippen LogP contribution in [0, 0.1) is 0 Å². The second kappa shape index (κ2) is 14.0. The van der Waals surface area contributed by atoms with E-state index in [4.69, 9.17) is 4.74 Å². The molecule has 0 radical (unpaired) electrons. The van der Waals surface area contributed by atoms with Gasteiger partial charge in [0.25, 0.3) is 0 Å². The van der Waals surface area contributed by atoms with Gasteiger partial charge in [-0.2, -0.15) is 0 Å². The molecule has 1 rings (SSSR count). The molecular formula is C21H34O3. The molecule has 24 heavy (non-hydrogen) atoms. The molecule has 1 atom stereocenters. The molecule has 0 amide bonds. The van der Waals surface area contributed by atoms with Crippen LogP contribution in [0.5, 0.6) is 0 Å². The lowest BCUT2D eigenvalue weighted by molar-refractivity contribution is -0.147. The zero-order valence-electron chi connectivity index (χ0n) is 15.2. The van der Waals surface area contributed by atoms with Crippen LogP contribution in [0.15, 0.2) is 30.3 Å². The molecule has 0 heterocycles. The van der Waals surface area contributed by atoms with Crippen LogP contribution in [-0.4, -0.2) is 17.2 Å². The van der Waals surface area contributed by atoms with Gasteiger partial charge in [0, 0.05) is 0 Å². The van der Waals surface area contributed by atoms with Crippen molar-refractivity contribution in [3.63, 3.8) is 0 Å². The molecule has 0 aliphatic rings. The third-order valence-electron chi connectivity index (χ3n) is 4.29. The summed E-state index contributed by atoms with van der Waals surface area (Å²) in [7, 11) is 0. The number of rotatable bonds is 14. The minimum Gasteiger partial charge on any atom is -0.461 e. The van der Waals surface area contributed by atoms with Crippen molar-refractivity contribution in [2.45, 2.75) is 90.3 Å². The van der Waals surface area contributed by atoms with E-state index in [9.17, 15) is 9.90 Å². The molecule has 0 saturated carbocycles. The van der Waals surface area contributed by atoms with Crippen molar-refractivity contribution in [1.82, 2.24) is 0 Å². The number of hydrogen-bond donors (Lipinski definition) is 1. The lowest BCUT2D eigenvalue weighted by atomic mass is 10.0. The van der Waals surface area contributed by atoms with Gasteiger partial charge in [-0.15, -0.1) is 0 Å². The Bertz CT molecular complexity index is 416. The van der Waals surface area contributed by atoms with E-state index in [1.165, 1.54) is 44.9 Å². The van der Waals surface area contributed by atoms with Crippen molar-refractivity contribution in [2.24, 2.45) is 0 Å². The lowest BCUT2D eigenvalue weighted by Crippen LogP contribution is -2.15. The Labute approximate surface area is 147 Å². The van der Waals surface area contributed by atoms with Gasteiger partial charge in [0.2, 0.25) is 0 Å². The fourth-order valence-corrected chi connectivity index (χ4v) is 2.78. The number of carbonyl (C=O) groups is 1. The molecule has 0 unspecified atom stereocenters. The number of esters is 1. The molecule has 136 valence electrons. The van der Waals surface area contributed by atoms with Gasteiger partial charge in [-0.25, -0.2) is 0 Å². The first-order chi connectivity index (χ1) is 11.7. The minimum absolute atomic E-state index is 0.101. The summed E-state index contributed by atoms with van der Waals surface area (Å²) in [6.45, 7) is 2.52. The first kappa shape index (κ1) is 20.7. The van der Waals surface area contributed by atoms with Crippen LogP contribution in [0.4, 0.5) is 0 Å². The molecule has 1 aromatic rings. The van der Waals surface area contributed by atoms with E-state index in [1.807, 2.05) is 30.3 Å². The van der Waals surface area contributed by atoms with Gasteiger partial charge in [-0.3, -0.25) is 4.79 Å². The minimum atomic E-state index is -0.571. The zero-order valence-corrected chi connectivity index (χ0v) is 15.2. The van der Waals surface area contributed by atoms with Gasteiger partial charge >= 0.3 is 5.97 Å². The molecular weight excluding hydrogens is 300 g/mol. The molecule has 1 aromatic carbocycles. The molecule has 0 aliphatic heterocycles. The summed E-state index contributed by atoms with van der Waals surface area (Å²) in [6, 6.07) is 9.61. The largest absolute Gasteiger partial charge is 0.461 e. The molecule has 0 aromatic heterocycles. The Morgan fingerprint density at radius 2 is 1.54 bits per heavy atom. The molecule has 3 heteroatoms. The average molecular weight is 334 g/mol. The second-order valence-corrected chi connectivity index (χ2v) is 6.62. The van der Waals surface area contributed by atoms with Crippen LogP contribution in [0.1, 0.15) is 83.1 Å². The van der Waals surface area contributed by atoms with Crippen LogP contribution in [0.2, 0.25) is 0 Å². The number of carbonyl (C=O) groups excluding carboxylic acids is 1. The predicted molar refractivity (Wildman–Crippen MR) is 98.7 cm³/mol. The fraction of sp³-hybridized carbons (Fsp3) is 0.667. The number of aliphatic hydroxyl groups is 1. The summed E-state index contributed by atoms with van der Waals surface area (Å²) in [5.74, 6) is -0.317. The number of ether oxygens (including phenoxy) is 1. The van der Waals surface area contributed by atoms with Crippen molar-refractivity contribution in [1.29, 1.82) is 0 Å². The van der Waals surface area contributed by atoms with Gasteiger partial charge in [0.15, 0.2) is 0 Å². The molecule has 3 nitrogen and oxygen atoms in total. The highest BCUT2D eigenvalue weighted by molar-refractivity contribution is 5.69. The first-order valence-electron chi connectivity index (χ1n) is 9.60. The molecule has 0 aliphatic carbocycles. The van der Waals surface area contributed by atoms with Gasteiger partial charge in [-0.1, -0.05) is 95.0 Å². The normalized spacial score (nSPS) is 12.1. The van der Waals surface area contributed by atoms with Gasteiger partial charge in [0.05, 0.1) is 12.5 Å². The zero-order chi connectivity index (χ0) is 17.5. The number of aliphatic hydroxyl groups excluding tert-OH is 1. The molecule has 0 spiro atoms. The Morgan fingerprint density at radius 1 is 0.958 bits per heavy atom. The third-order valence-corrected chi connectivity index (χ3v) is 4.29. The van der Waals surface area contributed by atoms with Crippen LogP contribution in [0.25, 0.3) is 0 Å². The van der Waals surface area contributed by atoms with Crippen LogP contribution in [-0.2, 0) is 16.1 Å². The smallest absolute Gasteiger partial charge is 0.308 e. The van der Waals surface area contributed by atoms with E-state index in [0.29, 0.717) is 6.42 Å². The van der Waals surface area contributed by atoms with Crippen molar-refractivity contribution in [2.75, 3.05) is 0 Å². The van der Waals surface area contributed by atoms with E-state index >= 15 is 0 Å². The van der Waals surface area contributed by atoms with Crippen molar-refractivity contribution < 1.29 is 14.6 Å². The Hall–Kier alpha value is -1.35. The second-order valence-electron chi connectivity index (χ2n) is 6.62. The van der Waals surface area contributed by atoms with E-state index < -0.39 is 6.10 Å². The molecule has 0 fully saturated rings. The molecule has 0 bridgehead atoms. The molecule has 1 N–H and O–H groups in total. The maximum atomic E-state index is 11.7. The number of benzene rings is 1. The summed E-state index contributed by atoms with van der Waals surface area (Å²) >= 11 is 0. The van der Waals surface area contributed by atoms with Crippen molar-refractivity contribution in [3.05, 3.63) is 35.9 Å². The lowest BCUT2D eigenvalue weighted by Gasteiger charge is -2.10. The number of unbranched alkanes of at least 4 members (excludes halogenated alkanes) is 8. The fourth-order valence-electron chi connectivity index (χ4n) is 2.78. The van der Waals surface area contributed by atoms with Crippen LogP contribution in [0.3, 0.4) is 0 Å². The molecule has 0 saturated heterocycles. The summed E-state index contributed by atoms with van der Waals surface area (Å²) < 4.78 is 5.19. The number of hydrogen-bond acceptors (Lipinski definition) is 3. The van der Waals surface area contributed by atoms with Crippen LogP contribution >= 0.6 is 0 Å². The van der Waals surface area contributed by atoms with Gasteiger partial charge < -0.3 is 9.84 Å². The Balaban J connectivity index is 1.95. The maximum Gasteiger partial charge on any atom is 0.308 e. The highest BCUT2D eigenvalue weighted by Crippen LogP contribution is 2.13. The van der Waals surface area contributed by atoms with Crippen molar-refractivity contribution in [3.8, 4) is 0 Å². The van der Waals surface area contributed by atoms with E-state index in [1.54, 1.807) is 0 Å². The average Bonchev–Trinajstić information content (AvgIpc) is 2.59. The van der Waals surface area contributed by atoms with Crippen molar-refractivity contribution >= 4 is 5.97 Å². The standard InChI is InChI=1S/C21H34O3/c1-2-3-4-5-6-7-8-9-13-16-20(22)17-21(23)24-18-19-14-11-10-12-15-19/h10-12,14-15,20,22H,2-9,13,16-18H2,1H3/t20-/m0/s1. The van der Waals surface area contributed by atoms with E-state index in [-0.39, 0.29) is 19.0 Å². The third kappa shape index (κ3) is 11.2. The highest BCUT2D eigenvalue weighted by Gasteiger charge is 2.11. The summed E-state index contributed by atoms with van der Waals surface area (Å²) in [5.41, 5.74) is 0.972. The van der Waals surface area contributed by atoms with E-state index in [2.05, 4.69) is 6.92 Å². The van der Waals surface area contributed by atoms with Gasteiger partial charge in [-0.05, 0) is 12.0 Å². The SMILES string of the molecule is CCCCCCCCCCC[C@H](O)CC(=O)OCc1ccccc1. The summed E-state index contributed by atoms with van der Waals surface area (Å²) in [6.07, 6.45) is 11.6. The highest BCUT2D eigenvalue weighted by atomic mass is 16.5.